The van der Waals surface area contributed by atoms with Crippen LogP contribution in [-0.4, -0.2) is 42.0 Å². The quantitative estimate of drug-likeness (QED) is 0.851. The van der Waals surface area contributed by atoms with Gasteiger partial charge < -0.3 is 0 Å². The molecule has 0 radical (unpaired) electrons. The maximum atomic E-state index is 9.08. The number of halogens is 1. The summed E-state index contributed by atoms with van der Waals surface area (Å²) in [6, 6.07) is 4.60. The Morgan fingerprint density at radius 2 is 2.17 bits per heavy atom. The predicted molar refractivity (Wildman–Crippen MR) is 78.6 cm³/mol. The highest BCUT2D eigenvalue weighted by Crippen LogP contribution is 2.24. The van der Waals surface area contributed by atoms with E-state index in [2.05, 4.69) is 50.2 Å². The number of hydrogen-bond donors (Lipinski definition) is 0. The van der Waals surface area contributed by atoms with Gasteiger partial charge in [0.25, 0.3) is 0 Å². The number of hydrogen-bond acceptors (Lipinski definition) is 4. The van der Waals surface area contributed by atoms with E-state index in [0.717, 1.165) is 39.1 Å². The van der Waals surface area contributed by atoms with Gasteiger partial charge in [-0.05, 0) is 33.8 Å². The van der Waals surface area contributed by atoms with Gasteiger partial charge in [-0.1, -0.05) is 6.92 Å². The van der Waals surface area contributed by atoms with Crippen molar-refractivity contribution >= 4 is 27.3 Å². The first kappa shape index (κ1) is 14.0. The van der Waals surface area contributed by atoms with Gasteiger partial charge in [0.2, 0.25) is 0 Å². The Balaban J connectivity index is 1.84. The van der Waals surface area contributed by atoms with Gasteiger partial charge in [-0.3, -0.25) is 9.80 Å². The first-order chi connectivity index (χ1) is 8.74. The Kier molecular flexibility index (Phi) is 5.19. The molecule has 0 amide bonds. The van der Waals surface area contributed by atoms with Gasteiger partial charge in [-0.25, -0.2) is 0 Å². The summed E-state index contributed by atoms with van der Waals surface area (Å²) in [5, 5.41) is 11.2. The van der Waals surface area contributed by atoms with Gasteiger partial charge in [-0.15, -0.1) is 11.3 Å². The maximum absolute atomic E-state index is 9.08. The van der Waals surface area contributed by atoms with E-state index in [4.69, 9.17) is 5.26 Å². The van der Waals surface area contributed by atoms with Gasteiger partial charge >= 0.3 is 0 Å². The lowest BCUT2D eigenvalue weighted by molar-refractivity contribution is 0.108. The predicted octanol–water partition coefficient (Wildman–Crippen LogP) is 2.93. The Bertz CT molecular complexity index is 418. The van der Waals surface area contributed by atoms with Crippen LogP contribution in [0.2, 0.25) is 0 Å². The van der Waals surface area contributed by atoms with Crippen molar-refractivity contribution in [3.63, 3.8) is 0 Å². The van der Waals surface area contributed by atoms with Gasteiger partial charge in [0.1, 0.15) is 0 Å². The zero-order chi connectivity index (χ0) is 13.0. The topological polar surface area (TPSA) is 30.3 Å². The van der Waals surface area contributed by atoms with E-state index in [1.54, 1.807) is 11.3 Å². The van der Waals surface area contributed by atoms with E-state index in [9.17, 15) is 0 Å². The Labute approximate surface area is 121 Å². The van der Waals surface area contributed by atoms with Crippen LogP contribution in [0.4, 0.5) is 0 Å². The third-order valence-electron chi connectivity index (χ3n) is 3.44. The van der Waals surface area contributed by atoms with Crippen LogP contribution in [0, 0.1) is 11.3 Å². The minimum absolute atomic E-state index is 0.0978. The Morgan fingerprint density at radius 3 is 2.67 bits per heavy atom. The average Bonchev–Trinajstić information content (AvgIpc) is 2.79. The molecule has 1 atom stereocenters. The van der Waals surface area contributed by atoms with E-state index in [1.807, 2.05) is 0 Å². The Hall–Kier alpha value is -0.410. The molecule has 1 saturated heterocycles. The standard InChI is InChI=1S/C13H18BrN3S/c1-2-11(9-15)17-6-4-16(5-7-17)10-13-12(14)3-8-18-13/h3,8,11H,2,4-7,10H2,1H3. The summed E-state index contributed by atoms with van der Waals surface area (Å²) >= 11 is 5.39. The fraction of sp³-hybridized carbons (Fsp3) is 0.615. The Morgan fingerprint density at radius 1 is 1.44 bits per heavy atom. The van der Waals surface area contributed by atoms with Gasteiger partial charge in [0.05, 0.1) is 12.1 Å². The van der Waals surface area contributed by atoms with Crippen molar-refractivity contribution in [2.75, 3.05) is 26.2 Å². The van der Waals surface area contributed by atoms with Crippen LogP contribution in [0.15, 0.2) is 15.9 Å². The summed E-state index contributed by atoms with van der Waals surface area (Å²) in [4.78, 5) is 6.17. The van der Waals surface area contributed by atoms with Crippen molar-refractivity contribution < 1.29 is 0 Å². The van der Waals surface area contributed by atoms with Crippen molar-refractivity contribution in [3.05, 3.63) is 20.8 Å². The van der Waals surface area contributed by atoms with Gasteiger partial charge in [0, 0.05) is 42.1 Å². The lowest BCUT2D eigenvalue weighted by atomic mass is 10.2. The molecule has 1 aromatic rings. The van der Waals surface area contributed by atoms with E-state index < -0.39 is 0 Å². The van der Waals surface area contributed by atoms with E-state index in [0.29, 0.717) is 0 Å². The third kappa shape index (κ3) is 3.33. The van der Waals surface area contributed by atoms with Crippen LogP contribution in [-0.2, 0) is 6.54 Å². The zero-order valence-electron chi connectivity index (χ0n) is 10.6. The first-order valence-corrected chi connectivity index (χ1v) is 7.99. The molecule has 98 valence electrons. The number of nitriles is 1. The fourth-order valence-electron chi connectivity index (χ4n) is 2.31. The van der Waals surface area contributed by atoms with Crippen LogP contribution in [0.5, 0.6) is 0 Å². The highest BCUT2D eigenvalue weighted by Gasteiger charge is 2.22. The molecule has 0 saturated carbocycles. The molecule has 0 N–H and O–H groups in total. The molecule has 0 spiro atoms. The molecule has 2 heterocycles. The molecule has 1 aromatic heterocycles. The zero-order valence-corrected chi connectivity index (χ0v) is 13.0. The second-order valence-electron chi connectivity index (χ2n) is 4.56. The normalized spacial score (nSPS) is 19.6. The second-order valence-corrected chi connectivity index (χ2v) is 6.41. The summed E-state index contributed by atoms with van der Waals surface area (Å²) in [5.41, 5.74) is 0. The van der Waals surface area contributed by atoms with Crippen molar-refractivity contribution in [1.82, 2.24) is 9.80 Å². The molecule has 2 rings (SSSR count). The monoisotopic (exact) mass is 327 g/mol. The van der Waals surface area contributed by atoms with E-state index in [1.165, 1.54) is 9.35 Å². The first-order valence-electron chi connectivity index (χ1n) is 6.32. The summed E-state index contributed by atoms with van der Waals surface area (Å²) in [5.74, 6) is 0. The SMILES string of the molecule is CCC(C#N)N1CCN(Cc2sccc2Br)CC1. The number of nitrogens with zero attached hydrogens (tertiary/aromatic N) is 3. The van der Waals surface area contributed by atoms with Crippen molar-refractivity contribution in [2.24, 2.45) is 0 Å². The third-order valence-corrected chi connectivity index (χ3v) is 5.35. The minimum atomic E-state index is 0.0978. The van der Waals surface area contributed by atoms with Crippen LogP contribution < -0.4 is 0 Å². The smallest absolute Gasteiger partial charge is 0.0976 e. The van der Waals surface area contributed by atoms with Crippen molar-refractivity contribution in [2.45, 2.75) is 25.9 Å². The number of thiophene rings is 1. The van der Waals surface area contributed by atoms with Gasteiger partial charge in [0.15, 0.2) is 0 Å². The van der Waals surface area contributed by atoms with Crippen molar-refractivity contribution in [1.29, 1.82) is 5.26 Å². The molecule has 1 aliphatic heterocycles. The summed E-state index contributed by atoms with van der Waals surface area (Å²) in [6.07, 6.45) is 0.924. The highest BCUT2D eigenvalue weighted by molar-refractivity contribution is 9.10. The molecule has 1 unspecified atom stereocenters. The highest BCUT2D eigenvalue weighted by atomic mass is 79.9. The summed E-state index contributed by atoms with van der Waals surface area (Å²) in [6.45, 7) is 7.24. The molecular weight excluding hydrogens is 310 g/mol. The molecule has 1 aliphatic rings. The lowest BCUT2D eigenvalue weighted by Gasteiger charge is -2.36. The number of rotatable bonds is 4. The molecular formula is C13H18BrN3S. The fourth-order valence-corrected chi connectivity index (χ4v) is 3.82. The average molecular weight is 328 g/mol. The van der Waals surface area contributed by atoms with Crippen LogP contribution in [0.1, 0.15) is 18.2 Å². The van der Waals surface area contributed by atoms with Crippen LogP contribution in [0.3, 0.4) is 0 Å². The summed E-state index contributed by atoms with van der Waals surface area (Å²) in [7, 11) is 0. The van der Waals surface area contributed by atoms with Crippen LogP contribution >= 0.6 is 27.3 Å². The number of piperazine rings is 1. The molecule has 5 heteroatoms. The van der Waals surface area contributed by atoms with E-state index >= 15 is 0 Å². The summed E-state index contributed by atoms with van der Waals surface area (Å²) < 4.78 is 1.22. The second kappa shape index (κ2) is 6.67. The molecule has 0 aliphatic carbocycles. The molecule has 18 heavy (non-hydrogen) atoms. The van der Waals surface area contributed by atoms with E-state index in [-0.39, 0.29) is 6.04 Å². The molecule has 3 nitrogen and oxygen atoms in total. The maximum Gasteiger partial charge on any atom is 0.0976 e. The molecule has 0 bridgehead atoms. The van der Waals surface area contributed by atoms with Crippen LogP contribution in [0.25, 0.3) is 0 Å². The van der Waals surface area contributed by atoms with Crippen molar-refractivity contribution in [3.8, 4) is 6.07 Å². The van der Waals surface area contributed by atoms with Gasteiger partial charge in [-0.2, -0.15) is 5.26 Å². The molecule has 1 fully saturated rings. The minimum Gasteiger partial charge on any atom is -0.296 e. The lowest BCUT2D eigenvalue weighted by Crippen LogP contribution is -2.49. The molecule has 0 aromatic carbocycles. The largest absolute Gasteiger partial charge is 0.296 e.